The van der Waals surface area contributed by atoms with Crippen LogP contribution in [0.2, 0.25) is 0 Å². The Labute approximate surface area is 254 Å². The minimum atomic E-state index is -1.17. The van der Waals surface area contributed by atoms with Gasteiger partial charge in [-0.05, 0) is 70.5 Å². The van der Waals surface area contributed by atoms with Gasteiger partial charge in [-0.2, -0.15) is 0 Å². The molecule has 1 aliphatic rings. The first kappa shape index (κ1) is 32.6. The highest BCUT2D eigenvalue weighted by Gasteiger charge is 2.41. The number of aliphatic hydroxyl groups excluding tert-OH is 3. The molecular formula is C30H39IN2O8. The number of benzene rings is 2. The number of carbonyl (C=O) groups excluding carboxylic acids is 2. The van der Waals surface area contributed by atoms with Crippen LogP contribution >= 0.6 is 22.6 Å². The molecule has 0 saturated heterocycles. The van der Waals surface area contributed by atoms with E-state index in [1.54, 1.807) is 44.1 Å². The lowest BCUT2D eigenvalue weighted by molar-refractivity contribution is -0.141. The third kappa shape index (κ3) is 8.34. The van der Waals surface area contributed by atoms with Crippen LogP contribution in [0.25, 0.3) is 0 Å². The van der Waals surface area contributed by atoms with Gasteiger partial charge in [0.1, 0.15) is 18.0 Å². The smallest absolute Gasteiger partial charge is 0.247 e. The van der Waals surface area contributed by atoms with Gasteiger partial charge in [-0.3, -0.25) is 9.59 Å². The molecule has 0 aliphatic heterocycles. The average Bonchev–Trinajstić information content (AvgIpc) is 2.97. The number of nitrogens with one attached hydrogen (secondary N) is 1. The minimum absolute atomic E-state index is 0.0632. The molecule has 0 radical (unpaired) electrons. The number of methoxy groups -OCH3 is 2. The Morgan fingerprint density at radius 1 is 1.12 bits per heavy atom. The summed E-state index contributed by atoms with van der Waals surface area (Å²) in [4.78, 5) is 28.2. The number of hydrogen-bond acceptors (Lipinski definition) is 8. The second-order valence-electron chi connectivity index (χ2n) is 10.1. The molecule has 1 aliphatic carbocycles. The van der Waals surface area contributed by atoms with Gasteiger partial charge in [0, 0.05) is 31.0 Å². The van der Waals surface area contributed by atoms with Crippen LogP contribution in [0, 0.1) is 9.49 Å². The second kappa shape index (κ2) is 15.4. The van der Waals surface area contributed by atoms with Gasteiger partial charge in [0.15, 0.2) is 11.5 Å². The van der Waals surface area contributed by atoms with Gasteiger partial charge in [0.2, 0.25) is 11.8 Å². The number of hydrogen-bond donors (Lipinski definition) is 4. The van der Waals surface area contributed by atoms with Crippen molar-refractivity contribution in [2.24, 2.45) is 5.92 Å². The maximum atomic E-state index is 13.5. The first-order valence-corrected chi connectivity index (χ1v) is 14.6. The van der Waals surface area contributed by atoms with Crippen LogP contribution < -0.4 is 19.5 Å². The van der Waals surface area contributed by atoms with Crippen molar-refractivity contribution in [2.45, 2.75) is 51.5 Å². The molecule has 41 heavy (non-hydrogen) atoms. The summed E-state index contributed by atoms with van der Waals surface area (Å²) in [7, 11) is 3.07. The van der Waals surface area contributed by atoms with Crippen molar-refractivity contribution in [3.63, 3.8) is 0 Å². The van der Waals surface area contributed by atoms with E-state index in [1.807, 2.05) is 24.3 Å². The fourth-order valence-electron chi connectivity index (χ4n) is 4.74. The highest BCUT2D eigenvalue weighted by molar-refractivity contribution is 14.1. The molecule has 3 atom stereocenters. The molecule has 2 amide bonds. The second-order valence-corrected chi connectivity index (χ2v) is 11.2. The first-order chi connectivity index (χ1) is 19.6. The summed E-state index contributed by atoms with van der Waals surface area (Å²) in [6.07, 6.45) is 0.00512. The molecule has 0 bridgehead atoms. The zero-order valence-corrected chi connectivity index (χ0v) is 26.0. The molecule has 224 valence electrons. The maximum absolute atomic E-state index is 13.5. The van der Waals surface area contributed by atoms with Crippen molar-refractivity contribution in [1.82, 2.24) is 10.2 Å². The molecule has 0 aromatic heterocycles. The summed E-state index contributed by atoms with van der Waals surface area (Å²) in [6, 6.07) is 10.2. The van der Waals surface area contributed by atoms with Crippen LogP contribution in [-0.2, 0) is 22.6 Å². The van der Waals surface area contributed by atoms with Gasteiger partial charge >= 0.3 is 0 Å². The molecular weight excluding hydrogens is 643 g/mol. The van der Waals surface area contributed by atoms with E-state index in [1.165, 1.54) is 7.11 Å². The van der Waals surface area contributed by atoms with Crippen LogP contribution in [-0.4, -0.2) is 84.2 Å². The van der Waals surface area contributed by atoms with Crippen molar-refractivity contribution in [3.8, 4) is 17.2 Å². The molecule has 0 unspecified atom stereocenters. The third-order valence-corrected chi connectivity index (χ3v) is 7.69. The number of carbonyl (C=O) groups is 2. The van der Waals surface area contributed by atoms with Crippen LogP contribution in [0.3, 0.4) is 0 Å². The van der Waals surface area contributed by atoms with Crippen LogP contribution in [0.5, 0.6) is 17.2 Å². The highest BCUT2D eigenvalue weighted by atomic mass is 127. The molecule has 11 heteroatoms. The molecule has 0 spiro atoms. The van der Waals surface area contributed by atoms with Gasteiger partial charge < -0.3 is 39.7 Å². The number of ether oxygens (including phenoxy) is 3. The number of rotatable bonds is 13. The van der Waals surface area contributed by atoms with E-state index in [2.05, 4.69) is 27.9 Å². The summed E-state index contributed by atoms with van der Waals surface area (Å²) in [5.74, 6) is 0.495. The Morgan fingerprint density at radius 3 is 2.51 bits per heavy atom. The van der Waals surface area contributed by atoms with E-state index in [-0.39, 0.29) is 38.0 Å². The van der Waals surface area contributed by atoms with Gasteiger partial charge in [-0.25, -0.2) is 0 Å². The van der Waals surface area contributed by atoms with E-state index in [9.17, 15) is 24.9 Å². The Kier molecular flexibility index (Phi) is 12.2. The fourth-order valence-corrected chi connectivity index (χ4v) is 5.54. The Hall–Kier alpha value is -2.87. The van der Waals surface area contributed by atoms with Crippen LogP contribution in [0.15, 0.2) is 48.0 Å². The molecule has 4 N–H and O–H groups in total. The van der Waals surface area contributed by atoms with Crippen molar-refractivity contribution in [2.75, 3.05) is 33.9 Å². The monoisotopic (exact) mass is 682 g/mol. The lowest BCUT2D eigenvalue weighted by Crippen LogP contribution is -2.56. The Bertz CT molecular complexity index is 1230. The summed E-state index contributed by atoms with van der Waals surface area (Å²) < 4.78 is 17.8. The SMILES string of the molecule is COc1cccc(CCN(C(=O)C(C)C)[C@@H]2CC(C(=O)NCCO)=C[C@H](Oc3c(I)cc(CO)cc3OC)[C@H]2O)c1. The predicted octanol–water partition coefficient (Wildman–Crippen LogP) is 2.44. The molecule has 0 saturated carbocycles. The van der Waals surface area contributed by atoms with Crippen molar-refractivity contribution < 1.29 is 39.1 Å². The third-order valence-electron chi connectivity index (χ3n) is 6.89. The summed E-state index contributed by atoms with van der Waals surface area (Å²) >= 11 is 2.06. The summed E-state index contributed by atoms with van der Waals surface area (Å²) in [5, 5.41) is 33.2. The van der Waals surface area contributed by atoms with Crippen molar-refractivity contribution in [1.29, 1.82) is 0 Å². The standard InChI is InChI=1S/C30H39IN2O8/c1-18(2)30(38)33(10-8-19-6-5-7-22(12-19)39-3)24-15-21(29(37)32-9-11-34)16-25(27(24)36)41-28-23(31)13-20(17-35)14-26(28)40-4/h5-7,12-14,16,18,24-25,27,34-36H,8-11,15,17H2,1-4H3,(H,32,37)/t24-,25+,27+/m1/s1. The zero-order chi connectivity index (χ0) is 30.1. The van der Waals surface area contributed by atoms with Crippen LogP contribution in [0.1, 0.15) is 31.4 Å². The van der Waals surface area contributed by atoms with Crippen LogP contribution in [0.4, 0.5) is 0 Å². The zero-order valence-electron chi connectivity index (χ0n) is 23.8. The maximum Gasteiger partial charge on any atom is 0.247 e. The van der Waals surface area contributed by atoms with Gasteiger partial charge in [0.05, 0.1) is 37.0 Å². The van der Waals surface area contributed by atoms with Crippen molar-refractivity contribution >= 4 is 34.4 Å². The molecule has 3 rings (SSSR count). The Balaban J connectivity index is 1.99. The lowest BCUT2D eigenvalue weighted by atomic mass is 9.87. The highest BCUT2D eigenvalue weighted by Crippen LogP contribution is 2.37. The average molecular weight is 683 g/mol. The number of nitrogens with zero attached hydrogens (tertiary/aromatic N) is 1. The molecule has 10 nitrogen and oxygen atoms in total. The Morgan fingerprint density at radius 2 is 1.88 bits per heavy atom. The largest absolute Gasteiger partial charge is 0.497 e. The summed E-state index contributed by atoms with van der Waals surface area (Å²) in [6.45, 7) is 3.55. The van der Waals surface area contributed by atoms with E-state index < -0.39 is 24.2 Å². The number of amides is 2. The van der Waals surface area contributed by atoms with E-state index in [4.69, 9.17) is 14.2 Å². The normalized spacial score (nSPS) is 18.5. The molecule has 0 heterocycles. The first-order valence-electron chi connectivity index (χ1n) is 13.5. The number of aliphatic hydroxyl groups is 3. The predicted molar refractivity (Wildman–Crippen MR) is 162 cm³/mol. The van der Waals surface area contributed by atoms with E-state index >= 15 is 0 Å². The van der Waals surface area contributed by atoms with Crippen molar-refractivity contribution in [3.05, 3.63) is 62.7 Å². The van der Waals surface area contributed by atoms with Gasteiger partial charge in [-0.15, -0.1) is 0 Å². The summed E-state index contributed by atoms with van der Waals surface area (Å²) in [5.41, 5.74) is 1.93. The minimum Gasteiger partial charge on any atom is -0.497 e. The quantitative estimate of drug-likeness (QED) is 0.237. The van der Waals surface area contributed by atoms with Gasteiger partial charge in [0.25, 0.3) is 0 Å². The topological polar surface area (TPSA) is 138 Å². The van der Waals surface area contributed by atoms with E-state index in [0.29, 0.717) is 44.9 Å². The molecule has 2 aromatic rings. The lowest BCUT2D eigenvalue weighted by Gasteiger charge is -2.41. The van der Waals surface area contributed by atoms with Gasteiger partial charge in [-0.1, -0.05) is 26.0 Å². The molecule has 0 fully saturated rings. The molecule has 2 aromatic carbocycles. The fraction of sp³-hybridized carbons (Fsp3) is 0.467. The van der Waals surface area contributed by atoms with E-state index in [0.717, 1.165) is 5.56 Å². The number of halogens is 1.